The third kappa shape index (κ3) is 3.76. The molecule has 1 fully saturated rings. The van der Waals surface area contributed by atoms with Crippen LogP contribution in [0.4, 0.5) is 0 Å². The Kier molecular flexibility index (Phi) is 4.83. The number of carbonyl (C=O) groups excluding carboxylic acids is 1. The zero-order valence-corrected chi connectivity index (χ0v) is 15.1. The average Bonchev–Trinajstić information content (AvgIpc) is 3.31. The van der Waals surface area contributed by atoms with Crippen LogP contribution < -0.4 is 0 Å². The van der Waals surface area contributed by atoms with E-state index in [0.717, 1.165) is 55.6 Å². The van der Waals surface area contributed by atoms with E-state index in [1.807, 2.05) is 23.1 Å². The molecule has 3 heterocycles. The van der Waals surface area contributed by atoms with Crippen LogP contribution in [0.25, 0.3) is 11.0 Å². The van der Waals surface area contributed by atoms with Crippen molar-refractivity contribution in [2.75, 3.05) is 13.1 Å². The maximum absolute atomic E-state index is 12.6. The van der Waals surface area contributed by atoms with E-state index < -0.39 is 0 Å². The third-order valence-electron chi connectivity index (χ3n) is 4.96. The van der Waals surface area contributed by atoms with Crippen LogP contribution in [-0.4, -0.2) is 33.9 Å². The molecule has 0 radical (unpaired) electrons. The van der Waals surface area contributed by atoms with Gasteiger partial charge in [-0.3, -0.25) is 4.79 Å². The number of benzene rings is 1. The number of nitrogens with zero attached hydrogens (tertiary/aromatic N) is 2. The van der Waals surface area contributed by atoms with Gasteiger partial charge in [0.2, 0.25) is 5.91 Å². The van der Waals surface area contributed by atoms with Gasteiger partial charge in [-0.2, -0.15) is 0 Å². The zero-order valence-electron chi connectivity index (χ0n) is 14.3. The molecule has 1 amide bonds. The number of likely N-dealkylation sites (tertiary alicyclic amines) is 1. The van der Waals surface area contributed by atoms with Crippen LogP contribution in [-0.2, 0) is 11.2 Å². The van der Waals surface area contributed by atoms with Crippen LogP contribution in [0, 0.1) is 0 Å². The smallest absolute Gasteiger partial charge is 0.222 e. The predicted molar refractivity (Wildman–Crippen MR) is 102 cm³/mol. The van der Waals surface area contributed by atoms with E-state index in [0.29, 0.717) is 12.3 Å². The molecule has 1 saturated heterocycles. The Balaban J connectivity index is 1.36. The molecular weight excluding hydrogens is 330 g/mol. The Bertz CT molecular complexity index is 807. The molecule has 130 valence electrons. The number of hydrogen-bond donors (Lipinski definition) is 1. The molecule has 5 heteroatoms. The topological polar surface area (TPSA) is 49.0 Å². The number of para-hydroxylation sites is 2. The molecule has 1 atom stereocenters. The first-order valence-electron chi connectivity index (χ1n) is 9.04. The Labute approximate surface area is 151 Å². The van der Waals surface area contributed by atoms with Gasteiger partial charge in [0.05, 0.1) is 11.0 Å². The number of piperidine rings is 1. The second-order valence-corrected chi connectivity index (χ2v) is 7.78. The Morgan fingerprint density at radius 1 is 1.28 bits per heavy atom. The summed E-state index contributed by atoms with van der Waals surface area (Å²) in [7, 11) is 0. The first-order chi connectivity index (χ1) is 12.3. The minimum atomic E-state index is 0.289. The fourth-order valence-electron chi connectivity index (χ4n) is 3.62. The molecule has 0 aliphatic carbocycles. The molecule has 25 heavy (non-hydrogen) atoms. The number of aromatic nitrogens is 2. The number of hydrogen-bond acceptors (Lipinski definition) is 3. The highest BCUT2D eigenvalue weighted by Gasteiger charge is 2.26. The van der Waals surface area contributed by atoms with Crippen molar-refractivity contribution in [1.29, 1.82) is 0 Å². The van der Waals surface area contributed by atoms with Crippen LogP contribution in [0.2, 0.25) is 0 Å². The second kappa shape index (κ2) is 7.40. The van der Waals surface area contributed by atoms with Gasteiger partial charge in [0.15, 0.2) is 0 Å². The summed E-state index contributed by atoms with van der Waals surface area (Å²) in [6.45, 7) is 1.67. The first-order valence-corrected chi connectivity index (χ1v) is 9.92. The number of rotatable bonds is 5. The summed E-state index contributed by atoms with van der Waals surface area (Å²) in [6, 6.07) is 12.3. The highest BCUT2D eigenvalue weighted by molar-refractivity contribution is 7.09. The molecule has 4 nitrogen and oxygen atoms in total. The van der Waals surface area contributed by atoms with Crippen molar-refractivity contribution in [1.82, 2.24) is 14.9 Å². The number of imidazole rings is 1. The van der Waals surface area contributed by atoms with Crippen molar-refractivity contribution >= 4 is 28.3 Å². The van der Waals surface area contributed by atoms with E-state index >= 15 is 0 Å². The maximum Gasteiger partial charge on any atom is 0.222 e. The van der Waals surface area contributed by atoms with Gasteiger partial charge in [-0.05, 0) is 49.3 Å². The van der Waals surface area contributed by atoms with Crippen LogP contribution in [0.15, 0.2) is 41.8 Å². The van der Waals surface area contributed by atoms with E-state index in [4.69, 9.17) is 4.98 Å². The van der Waals surface area contributed by atoms with E-state index in [1.54, 1.807) is 11.3 Å². The molecule has 0 saturated carbocycles. The minimum Gasteiger partial charge on any atom is -0.342 e. The van der Waals surface area contributed by atoms with Gasteiger partial charge in [0.25, 0.3) is 0 Å². The summed E-state index contributed by atoms with van der Waals surface area (Å²) in [4.78, 5) is 24.2. The van der Waals surface area contributed by atoms with Gasteiger partial charge in [0, 0.05) is 30.3 Å². The second-order valence-electron chi connectivity index (χ2n) is 6.75. The summed E-state index contributed by atoms with van der Waals surface area (Å²) in [5, 5.41) is 2.10. The fourth-order valence-corrected chi connectivity index (χ4v) is 4.37. The molecule has 1 aliphatic rings. The van der Waals surface area contributed by atoms with E-state index in [9.17, 15) is 4.79 Å². The number of H-pyrrole nitrogens is 1. The molecule has 1 aliphatic heterocycles. The predicted octanol–water partition coefficient (Wildman–Crippen LogP) is 4.35. The molecular formula is C20H23N3OS. The van der Waals surface area contributed by atoms with Gasteiger partial charge in [-0.15, -0.1) is 11.3 Å². The molecule has 0 bridgehead atoms. The molecule has 1 aromatic carbocycles. The minimum absolute atomic E-state index is 0.289. The summed E-state index contributed by atoms with van der Waals surface area (Å²) < 4.78 is 0. The van der Waals surface area contributed by atoms with Crippen LogP contribution in [0.5, 0.6) is 0 Å². The van der Waals surface area contributed by atoms with E-state index in [-0.39, 0.29) is 5.91 Å². The van der Waals surface area contributed by atoms with Crippen molar-refractivity contribution in [3.05, 3.63) is 52.5 Å². The SMILES string of the molecule is O=C(CCCc1cccs1)N1CCCC(c2nc3ccccc3[nH]2)C1. The van der Waals surface area contributed by atoms with Crippen molar-refractivity contribution in [3.63, 3.8) is 0 Å². The normalized spacial score (nSPS) is 17.9. The number of aryl methyl sites for hydroxylation is 1. The van der Waals surface area contributed by atoms with Gasteiger partial charge >= 0.3 is 0 Å². The lowest BCUT2D eigenvalue weighted by Crippen LogP contribution is -2.39. The van der Waals surface area contributed by atoms with E-state index in [1.165, 1.54) is 4.88 Å². The molecule has 2 aromatic heterocycles. The van der Waals surface area contributed by atoms with Crippen LogP contribution in [0.1, 0.15) is 42.3 Å². The van der Waals surface area contributed by atoms with Crippen molar-refractivity contribution in [2.45, 2.75) is 38.0 Å². The van der Waals surface area contributed by atoms with Crippen molar-refractivity contribution < 1.29 is 4.79 Å². The molecule has 0 spiro atoms. The lowest BCUT2D eigenvalue weighted by Gasteiger charge is -2.32. The summed E-state index contributed by atoms with van der Waals surface area (Å²) in [5.74, 6) is 1.64. The molecule has 4 rings (SSSR count). The zero-order chi connectivity index (χ0) is 17.1. The highest BCUT2D eigenvalue weighted by atomic mass is 32.1. The van der Waals surface area contributed by atoms with Crippen LogP contribution >= 0.6 is 11.3 Å². The maximum atomic E-state index is 12.6. The Morgan fingerprint density at radius 2 is 2.20 bits per heavy atom. The lowest BCUT2D eigenvalue weighted by atomic mass is 9.97. The molecule has 1 N–H and O–H groups in total. The third-order valence-corrected chi connectivity index (χ3v) is 5.90. The standard InChI is InChI=1S/C20H23N3OS/c24-19(11-3-7-16-8-5-13-25-16)23-12-4-6-15(14-23)20-21-17-9-1-2-10-18(17)22-20/h1-2,5,8-10,13,15H,3-4,6-7,11-12,14H2,(H,21,22). The van der Waals surface area contributed by atoms with Gasteiger partial charge < -0.3 is 9.88 Å². The molecule has 3 aromatic rings. The quantitative estimate of drug-likeness (QED) is 0.741. The summed E-state index contributed by atoms with van der Waals surface area (Å²) >= 11 is 1.77. The van der Waals surface area contributed by atoms with Crippen molar-refractivity contribution in [2.24, 2.45) is 0 Å². The van der Waals surface area contributed by atoms with Crippen molar-refractivity contribution in [3.8, 4) is 0 Å². The average molecular weight is 353 g/mol. The van der Waals surface area contributed by atoms with Gasteiger partial charge in [0.1, 0.15) is 5.82 Å². The number of nitrogens with one attached hydrogen (secondary N) is 1. The molecule has 1 unspecified atom stereocenters. The summed E-state index contributed by atoms with van der Waals surface area (Å²) in [6.07, 6.45) is 4.73. The fraction of sp³-hybridized carbons (Fsp3) is 0.400. The first kappa shape index (κ1) is 16.3. The monoisotopic (exact) mass is 353 g/mol. The summed E-state index contributed by atoms with van der Waals surface area (Å²) in [5.41, 5.74) is 2.09. The number of amides is 1. The number of thiophene rings is 1. The Morgan fingerprint density at radius 3 is 3.04 bits per heavy atom. The number of aromatic amines is 1. The number of fused-ring (bicyclic) bond motifs is 1. The number of carbonyl (C=O) groups is 1. The van der Waals surface area contributed by atoms with Crippen LogP contribution in [0.3, 0.4) is 0 Å². The Hall–Kier alpha value is -2.14. The van der Waals surface area contributed by atoms with Gasteiger partial charge in [-0.1, -0.05) is 18.2 Å². The highest BCUT2D eigenvalue weighted by Crippen LogP contribution is 2.27. The lowest BCUT2D eigenvalue weighted by molar-refractivity contribution is -0.132. The van der Waals surface area contributed by atoms with E-state index in [2.05, 4.69) is 28.6 Å². The van der Waals surface area contributed by atoms with Gasteiger partial charge in [-0.25, -0.2) is 4.98 Å². The largest absolute Gasteiger partial charge is 0.342 e.